The third-order valence-electron chi connectivity index (χ3n) is 4.17. The quantitative estimate of drug-likeness (QED) is 0.430. The van der Waals surface area contributed by atoms with Crippen LogP contribution in [0.4, 0.5) is 5.69 Å². The molecule has 0 spiro atoms. The molecule has 3 aromatic carbocycles. The van der Waals surface area contributed by atoms with Crippen LogP contribution in [0.2, 0.25) is 0 Å². The number of carbonyl (C=O) groups is 1. The predicted octanol–water partition coefficient (Wildman–Crippen LogP) is 5.28. The van der Waals surface area contributed by atoms with Gasteiger partial charge in [0, 0.05) is 15.7 Å². The fourth-order valence-corrected chi connectivity index (χ4v) is 3.17. The Bertz CT molecular complexity index is 1160. The average Bonchev–Trinajstić information content (AvgIpc) is 3.16. The molecule has 1 aromatic heterocycles. The summed E-state index contributed by atoms with van der Waals surface area (Å²) in [5.41, 5.74) is 2.80. The van der Waals surface area contributed by atoms with E-state index in [9.17, 15) is 4.79 Å². The van der Waals surface area contributed by atoms with E-state index in [0.29, 0.717) is 28.4 Å². The van der Waals surface area contributed by atoms with E-state index in [2.05, 4.69) is 26.2 Å². The van der Waals surface area contributed by atoms with Gasteiger partial charge < -0.3 is 19.2 Å². The van der Waals surface area contributed by atoms with Crippen LogP contribution in [0.15, 0.2) is 75.6 Å². The van der Waals surface area contributed by atoms with Gasteiger partial charge in [-0.15, -0.1) is 0 Å². The number of amides is 1. The maximum absolute atomic E-state index is 12.2. The normalized spacial score (nSPS) is 10.7. The minimum absolute atomic E-state index is 0.105. The van der Waals surface area contributed by atoms with Gasteiger partial charge >= 0.3 is 0 Å². The molecule has 0 bridgehead atoms. The number of rotatable bonds is 6. The van der Waals surface area contributed by atoms with Gasteiger partial charge in [-0.1, -0.05) is 22.0 Å². The summed E-state index contributed by atoms with van der Waals surface area (Å²) in [6.07, 6.45) is 0. The molecule has 29 heavy (non-hydrogen) atoms. The van der Waals surface area contributed by atoms with Crippen LogP contribution in [0, 0.1) is 0 Å². The summed E-state index contributed by atoms with van der Waals surface area (Å²) in [4.78, 5) is 16.7. The fourth-order valence-electron chi connectivity index (χ4n) is 2.77. The fraction of sp³-hybridized carbons (Fsp3) is 0.0909. The Labute approximate surface area is 175 Å². The number of anilines is 1. The van der Waals surface area contributed by atoms with Crippen molar-refractivity contribution >= 4 is 38.6 Å². The van der Waals surface area contributed by atoms with E-state index in [4.69, 9.17) is 13.9 Å². The Morgan fingerprint density at radius 2 is 1.86 bits per heavy atom. The van der Waals surface area contributed by atoms with Crippen LogP contribution in [0.5, 0.6) is 11.5 Å². The zero-order chi connectivity index (χ0) is 20.2. The molecule has 1 amide bonds. The molecule has 0 saturated carbocycles. The molecule has 6 nitrogen and oxygen atoms in total. The van der Waals surface area contributed by atoms with E-state index in [1.54, 1.807) is 49.6 Å². The summed E-state index contributed by atoms with van der Waals surface area (Å²) in [6.45, 7) is -0.105. The Morgan fingerprint density at radius 1 is 1.07 bits per heavy atom. The van der Waals surface area contributed by atoms with Gasteiger partial charge in [0.2, 0.25) is 5.89 Å². The van der Waals surface area contributed by atoms with Crippen LogP contribution in [0.25, 0.3) is 22.6 Å². The van der Waals surface area contributed by atoms with E-state index in [1.807, 2.05) is 24.3 Å². The Balaban J connectivity index is 1.43. The van der Waals surface area contributed by atoms with E-state index in [1.165, 1.54) is 0 Å². The highest BCUT2D eigenvalue weighted by molar-refractivity contribution is 9.10. The highest BCUT2D eigenvalue weighted by atomic mass is 79.9. The third kappa shape index (κ3) is 4.57. The van der Waals surface area contributed by atoms with Gasteiger partial charge in [0.1, 0.15) is 17.0 Å². The molecule has 0 atom stereocenters. The van der Waals surface area contributed by atoms with Crippen LogP contribution in [-0.4, -0.2) is 24.6 Å². The zero-order valence-corrected chi connectivity index (χ0v) is 17.1. The van der Waals surface area contributed by atoms with Crippen LogP contribution in [0.1, 0.15) is 0 Å². The molecule has 146 valence electrons. The molecule has 0 aliphatic rings. The van der Waals surface area contributed by atoms with Gasteiger partial charge in [0.05, 0.1) is 7.11 Å². The van der Waals surface area contributed by atoms with Crippen molar-refractivity contribution < 1.29 is 18.7 Å². The molecular weight excluding hydrogens is 436 g/mol. The van der Waals surface area contributed by atoms with Crippen molar-refractivity contribution in [3.8, 4) is 23.0 Å². The monoisotopic (exact) mass is 452 g/mol. The van der Waals surface area contributed by atoms with Gasteiger partial charge in [-0.05, 0) is 60.7 Å². The molecule has 7 heteroatoms. The largest absolute Gasteiger partial charge is 0.497 e. The van der Waals surface area contributed by atoms with Crippen LogP contribution in [-0.2, 0) is 4.79 Å². The Hall–Kier alpha value is -3.32. The van der Waals surface area contributed by atoms with Gasteiger partial charge in [-0.2, -0.15) is 0 Å². The van der Waals surface area contributed by atoms with Crippen LogP contribution < -0.4 is 14.8 Å². The number of carbonyl (C=O) groups excluding carboxylic acids is 1. The second kappa shape index (κ2) is 8.36. The SMILES string of the molecule is COc1ccc(OCC(=O)Nc2ccc3oc(-c4cccc(Br)c4)nc3c2)cc1. The summed E-state index contributed by atoms with van der Waals surface area (Å²) in [7, 11) is 1.59. The lowest BCUT2D eigenvalue weighted by Crippen LogP contribution is -2.20. The molecule has 0 fully saturated rings. The highest BCUT2D eigenvalue weighted by Gasteiger charge is 2.11. The number of aromatic nitrogens is 1. The van der Waals surface area contributed by atoms with Crippen molar-refractivity contribution in [2.45, 2.75) is 0 Å². The predicted molar refractivity (Wildman–Crippen MR) is 114 cm³/mol. The van der Waals surface area contributed by atoms with Crippen LogP contribution in [0.3, 0.4) is 0 Å². The number of methoxy groups -OCH3 is 1. The molecule has 0 aliphatic heterocycles. The van der Waals surface area contributed by atoms with E-state index >= 15 is 0 Å². The second-order valence-electron chi connectivity index (χ2n) is 6.22. The number of oxazole rings is 1. The lowest BCUT2D eigenvalue weighted by atomic mass is 10.2. The third-order valence-corrected chi connectivity index (χ3v) is 4.67. The van der Waals surface area contributed by atoms with Gasteiger partial charge in [0.15, 0.2) is 12.2 Å². The van der Waals surface area contributed by atoms with Gasteiger partial charge in [-0.3, -0.25) is 4.79 Å². The molecular formula is C22H17BrN2O4. The van der Waals surface area contributed by atoms with Crippen molar-refractivity contribution in [2.24, 2.45) is 0 Å². The summed E-state index contributed by atoms with van der Waals surface area (Å²) < 4.78 is 17.3. The molecule has 4 aromatic rings. The standard InChI is InChI=1S/C22H17BrN2O4/c1-27-17-6-8-18(9-7-17)28-13-21(26)24-16-5-10-20-19(12-16)25-22(29-20)14-3-2-4-15(23)11-14/h2-12H,13H2,1H3,(H,24,26). The maximum Gasteiger partial charge on any atom is 0.262 e. The average molecular weight is 453 g/mol. The smallest absolute Gasteiger partial charge is 0.262 e. The number of ether oxygens (including phenoxy) is 2. The molecule has 1 heterocycles. The lowest BCUT2D eigenvalue weighted by molar-refractivity contribution is -0.118. The van der Waals surface area contributed by atoms with Crippen molar-refractivity contribution in [1.29, 1.82) is 0 Å². The number of hydrogen-bond acceptors (Lipinski definition) is 5. The summed E-state index contributed by atoms with van der Waals surface area (Å²) in [5.74, 6) is 1.57. The number of nitrogens with one attached hydrogen (secondary N) is 1. The second-order valence-corrected chi connectivity index (χ2v) is 7.14. The minimum Gasteiger partial charge on any atom is -0.497 e. The molecule has 0 saturated heterocycles. The molecule has 0 radical (unpaired) electrons. The van der Waals surface area contributed by atoms with Crippen molar-refractivity contribution in [1.82, 2.24) is 4.98 Å². The summed E-state index contributed by atoms with van der Waals surface area (Å²) in [6, 6.07) is 20.1. The maximum atomic E-state index is 12.2. The van der Waals surface area contributed by atoms with E-state index in [0.717, 1.165) is 15.8 Å². The van der Waals surface area contributed by atoms with Crippen molar-refractivity contribution in [3.05, 3.63) is 71.2 Å². The number of nitrogens with zero attached hydrogens (tertiary/aromatic N) is 1. The first kappa shape index (κ1) is 19.0. The summed E-state index contributed by atoms with van der Waals surface area (Å²) in [5, 5.41) is 2.81. The van der Waals surface area contributed by atoms with Gasteiger partial charge in [-0.25, -0.2) is 4.98 Å². The number of benzene rings is 3. The topological polar surface area (TPSA) is 73.6 Å². The van der Waals surface area contributed by atoms with Crippen molar-refractivity contribution in [3.63, 3.8) is 0 Å². The van der Waals surface area contributed by atoms with Crippen molar-refractivity contribution in [2.75, 3.05) is 19.0 Å². The lowest BCUT2D eigenvalue weighted by Gasteiger charge is -2.08. The summed E-state index contributed by atoms with van der Waals surface area (Å²) >= 11 is 3.45. The highest BCUT2D eigenvalue weighted by Crippen LogP contribution is 2.27. The molecule has 4 rings (SSSR count). The number of halogens is 1. The first-order chi connectivity index (χ1) is 14.1. The molecule has 0 aliphatic carbocycles. The van der Waals surface area contributed by atoms with Crippen LogP contribution >= 0.6 is 15.9 Å². The van der Waals surface area contributed by atoms with E-state index < -0.39 is 0 Å². The zero-order valence-electron chi connectivity index (χ0n) is 15.5. The minimum atomic E-state index is -0.268. The number of hydrogen-bond donors (Lipinski definition) is 1. The Kier molecular flexibility index (Phi) is 5.48. The van der Waals surface area contributed by atoms with E-state index in [-0.39, 0.29) is 12.5 Å². The molecule has 1 N–H and O–H groups in total. The first-order valence-corrected chi connectivity index (χ1v) is 9.63. The molecule has 0 unspecified atom stereocenters. The first-order valence-electron chi connectivity index (χ1n) is 8.84. The number of fused-ring (bicyclic) bond motifs is 1. The Morgan fingerprint density at radius 3 is 2.62 bits per heavy atom. The van der Waals surface area contributed by atoms with Gasteiger partial charge in [0.25, 0.3) is 5.91 Å².